The minimum absolute atomic E-state index is 0.119. The molecule has 0 atom stereocenters. The highest BCUT2D eigenvalue weighted by atomic mass is 16.5. The van der Waals surface area contributed by atoms with Gasteiger partial charge < -0.3 is 9.47 Å². The lowest BCUT2D eigenvalue weighted by Crippen LogP contribution is -2.29. The third-order valence-electron chi connectivity index (χ3n) is 2.54. The first-order chi connectivity index (χ1) is 8.76. The molecule has 0 fully saturated rings. The molecule has 0 spiro atoms. The van der Waals surface area contributed by atoms with Gasteiger partial charge in [-0.25, -0.2) is 5.84 Å². The zero-order valence-corrected chi connectivity index (χ0v) is 10.6. The quantitative estimate of drug-likeness (QED) is 0.319. The van der Waals surface area contributed by atoms with Crippen LogP contribution in [0.1, 0.15) is 25.7 Å². The lowest BCUT2D eigenvalue weighted by atomic mass is 10.2. The van der Waals surface area contributed by atoms with E-state index >= 15 is 0 Å². The van der Waals surface area contributed by atoms with Crippen molar-refractivity contribution < 1.29 is 14.3 Å². The molecule has 0 saturated carbocycles. The molecule has 1 amide bonds. The van der Waals surface area contributed by atoms with Crippen molar-refractivity contribution in [2.24, 2.45) is 5.84 Å². The maximum absolute atomic E-state index is 10.8. The number of benzene rings is 1. The summed E-state index contributed by atoms with van der Waals surface area (Å²) in [5, 5.41) is 0. The molecule has 0 heterocycles. The molecule has 0 saturated heterocycles. The number of carbonyl (C=O) groups is 1. The van der Waals surface area contributed by atoms with E-state index < -0.39 is 0 Å². The fourth-order valence-electron chi connectivity index (χ4n) is 1.50. The number of nitrogens with two attached hydrogens (primary N) is 1. The predicted molar refractivity (Wildman–Crippen MR) is 69.3 cm³/mol. The van der Waals surface area contributed by atoms with Crippen LogP contribution in [0.25, 0.3) is 0 Å². The van der Waals surface area contributed by atoms with Crippen molar-refractivity contribution >= 4 is 5.91 Å². The molecule has 3 N–H and O–H groups in total. The summed E-state index contributed by atoms with van der Waals surface area (Å²) in [5.41, 5.74) is 2.11. The van der Waals surface area contributed by atoms with Crippen molar-refractivity contribution in [2.75, 3.05) is 13.7 Å². The molecular weight excluding hydrogens is 232 g/mol. The summed E-state index contributed by atoms with van der Waals surface area (Å²) >= 11 is 0. The maximum Gasteiger partial charge on any atom is 0.233 e. The molecule has 100 valence electrons. The molecular formula is C13H20N2O3. The van der Waals surface area contributed by atoms with E-state index in [-0.39, 0.29) is 5.91 Å². The monoisotopic (exact) mass is 252 g/mol. The Morgan fingerprint density at radius 3 is 2.44 bits per heavy atom. The van der Waals surface area contributed by atoms with Gasteiger partial charge >= 0.3 is 0 Å². The number of methoxy groups -OCH3 is 1. The van der Waals surface area contributed by atoms with Crippen molar-refractivity contribution in [3.05, 3.63) is 24.3 Å². The van der Waals surface area contributed by atoms with Crippen molar-refractivity contribution in [3.8, 4) is 11.5 Å². The second kappa shape index (κ2) is 8.36. The van der Waals surface area contributed by atoms with Gasteiger partial charge in [-0.3, -0.25) is 10.2 Å². The highest BCUT2D eigenvalue weighted by Crippen LogP contribution is 2.17. The normalized spacial score (nSPS) is 9.89. The van der Waals surface area contributed by atoms with E-state index in [2.05, 4.69) is 5.43 Å². The largest absolute Gasteiger partial charge is 0.497 e. The molecule has 18 heavy (non-hydrogen) atoms. The third kappa shape index (κ3) is 5.54. The van der Waals surface area contributed by atoms with Crippen LogP contribution in [0.5, 0.6) is 11.5 Å². The summed E-state index contributed by atoms with van der Waals surface area (Å²) in [7, 11) is 1.63. The smallest absolute Gasteiger partial charge is 0.233 e. The number of hydrazine groups is 1. The second-order valence-electron chi connectivity index (χ2n) is 3.90. The minimum atomic E-state index is -0.119. The Hall–Kier alpha value is -1.75. The van der Waals surface area contributed by atoms with Crippen molar-refractivity contribution in [3.63, 3.8) is 0 Å². The lowest BCUT2D eigenvalue weighted by molar-refractivity contribution is -0.121. The van der Waals surface area contributed by atoms with Crippen molar-refractivity contribution in [1.82, 2.24) is 5.43 Å². The Morgan fingerprint density at radius 2 is 1.83 bits per heavy atom. The number of nitrogens with one attached hydrogen (secondary N) is 1. The van der Waals surface area contributed by atoms with Crippen LogP contribution in [-0.2, 0) is 4.79 Å². The standard InChI is InChI=1S/C13H20N2O3/c1-17-11-6-8-12(9-7-11)18-10-4-2-3-5-13(16)15-14/h6-9H,2-5,10,14H2,1H3,(H,15,16). The summed E-state index contributed by atoms with van der Waals surface area (Å²) in [5.74, 6) is 6.50. The van der Waals surface area contributed by atoms with Gasteiger partial charge in [-0.05, 0) is 43.5 Å². The van der Waals surface area contributed by atoms with Crippen LogP contribution in [0.15, 0.2) is 24.3 Å². The van der Waals surface area contributed by atoms with Gasteiger partial charge in [0.1, 0.15) is 11.5 Å². The van der Waals surface area contributed by atoms with Gasteiger partial charge in [0.25, 0.3) is 0 Å². The van der Waals surface area contributed by atoms with E-state index in [9.17, 15) is 4.79 Å². The van der Waals surface area contributed by atoms with Crippen LogP contribution in [-0.4, -0.2) is 19.6 Å². The Labute approximate surface area is 107 Å². The fraction of sp³-hybridized carbons (Fsp3) is 0.462. The van der Waals surface area contributed by atoms with Gasteiger partial charge in [-0.2, -0.15) is 0 Å². The Bertz CT molecular complexity index is 352. The maximum atomic E-state index is 10.8. The molecule has 1 aromatic carbocycles. The number of carbonyl (C=O) groups excluding carboxylic acids is 1. The zero-order valence-electron chi connectivity index (χ0n) is 10.6. The Morgan fingerprint density at radius 1 is 1.17 bits per heavy atom. The van der Waals surface area contributed by atoms with Crippen LogP contribution < -0.4 is 20.7 Å². The van der Waals surface area contributed by atoms with Crippen molar-refractivity contribution in [2.45, 2.75) is 25.7 Å². The Kier molecular flexibility index (Phi) is 6.64. The lowest BCUT2D eigenvalue weighted by Gasteiger charge is -2.06. The number of hydrogen-bond acceptors (Lipinski definition) is 4. The van der Waals surface area contributed by atoms with E-state index in [1.807, 2.05) is 24.3 Å². The molecule has 5 nitrogen and oxygen atoms in total. The SMILES string of the molecule is COc1ccc(OCCCCCC(=O)NN)cc1. The molecule has 1 rings (SSSR count). The number of rotatable bonds is 8. The van der Waals surface area contributed by atoms with Gasteiger partial charge in [-0.1, -0.05) is 0 Å². The summed E-state index contributed by atoms with van der Waals surface area (Å²) in [4.78, 5) is 10.8. The van der Waals surface area contributed by atoms with E-state index in [1.54, 1.807) is 7.11 Å². The fourth-order valence-corrected chi connectivity index (χ4v) is 1.50. The molecule has 0 unspecified atom stereocenters. The van der Waals surface area contributed by atoms with Gasteiger partial charge in [0, 0.05) is 6.42 Å². The highest BCUT2D eigenvalue weighted by molar-refractivity contribution is 5.74. The molecule has 0 bridgehead atoms. The van der Waals surface area contributed by atoms with E-state index in [0.29, 0.717) is 13.0 Å². The van der Waals surface area contributed by atoms with Gasteiger partial charge in [0.15, 0.2) is 0 Å². The molecule has 0 radical (unpaired) electrons. The molecule has 0 aromatic heterocycles. The number of unbranched alkanes of at least 4 members (excludes halogenated alkanes) is 2. The van der Waals surface area contributed by atoms with Gasteiger partial charge in [0.05, 0.1) is 13.7 Å². The molecule has 0 aliphatic rings. The van der Waals surface area contributed by atoms with Gasteiger partial charge in [-0.15, -0.1) is 0 Å². The predicted octanol–water partition coefficient (Wildman–Crippen LogP) is 1.62. The third-order valence-corrected chi connectivity index (χ3v) is 2.54. The summed E-state index contributed by atoms with van der Waals surface area (Å²) in [6, 6.07) is 7.48. The van der Waals surface area contributed by atoms with E-state index in [1.165, 1.54) is 0 Å². The van der Waals surface area contributed by atoms with Crippen LogP contribution in [0.2, 0.25) is 0 Å². The Balaban J connectivity index is 2.08. The number of hydrogen-bond donors (Lipinski definition) is 2. The summed E-state index contributed by atoms with van der Waals surface area (Å²) in [6.07, 6.45) is 3.17. The van der Waals surface area contributed by atoms with Crippen LogP contribution >= 0.6 is 0 Å². The second-order valence-corrected chi connectivity index (χ2v) is 3.90. The first kappa shape index (κ1) is 14.3. The highest BCUT2D eigenvalue weighted by Gasteiger charge is 1.98. The van der Waals surface area contributed by atoms with E-state index in [0.717, 1.165) is 30.8 Å². The first-order valence-corrected chi connectivity index (χ1v) is 6.02. The molecule has 0 aliphatic carbocycles. The average molecular weight is 252 g/mol. The van der Waals surface area contributed by atoms with Crippen molar-refractivity contribution in [1.29, 1.82) is 0 Å². The summed E-state index contributed by atoms with van der Waals surface area (Å²) in [6.45, 7) is 0.649. The molecule has 5 heteroatoms. The summed E-state index contributed by atoms with van der Waals surface area (Å²) < 4.78 is 10.6. The van der Waals surface area contributed by atoms with Crippen LogP contribution in [0.3, 0.4) is 0 Å². The van der Waals surface area contributed by atoms with Crippen LogP contribution in [0, 0.1) is 0 Å². The molecule has 0 aliphatic heterocycles. The first-order valence-electron chi connectivity index (χ1n) is 6.02. The number of amides is 1. The molecule has 1 aromatic rings. The van der Waals surface area contributed by atoms with Gasteiger partial charge in [0.2, 0.25) is 5.91 Å². The number of ether oxygens (including phenoxy) is 2. The van der Waals surface area contributed by atoms with E-state index in [4.69, 9.17) is 15.3 Å². The minimum Gasteiger partial charge on any atom is -0.497 e. The van der Waals surface area contributed by atoms with Crippen LogP contribution in [0.4, 0.5) is 0 Å². The average Bonchev–Trinajstić information content (AvgIpc) is 2.43. The zero-order chi connectivity index (χ0) is 13.2. The topological polar surface area (TPSA) is 73.6 Å².